The van der Waals surface area contributed by atoms with Crippen molar-refractivity contribution in [2.75, 3.05) is 37.5 Å². The van der Waals surface area contributed by atoms with E-state index in [4.69, 9.17) is 9.47 Å². The lowest BCUT2D eigenvalue weighted by Crippen LogP contribution is -2.36. The van der Waals surface area contributed by atoms with Gasteiger partial charge in [-0.15, -0.1) is 0 Å². The van der Waals surface area contributed by atoms with Crippen LogP contribution in [0.3, 0.4) is 0 Å². The average Bonchev–Trinajstić information content (AvgIpc) is 3.22. The summed E-state index contributed by atoms with van der Waals surface area (Å²) in [7, 11) is 1.65. The van der Waals surface area contributed by atoms with Gasteiger partial charge in [0.1, 0.15) is 6.61 Å². The molecule has 4 heterocycles. The zero-order valence-corrected chi connectivity index (χ0v) is 17.6. The van der Waals surface area contributed by atoms with Crippen molar-refractivity contribution < 1.29 is 14.6 Å². The van der Waals surface area contributed by atoms with Gasteiger partial charge in [0.05, 0.1) is 18.2 Å². The average molecular weight is 432 g/mol. The quantitative estimate of drug-likeness (QED) is 0.352. The van der Waals surface area contributed by atoms with E-state index in [-0.39, 0.29) is 11.9 Å². The SMILES string of the molecule is COC[C@H]1COc2c(NCCc3c[nH]c4ccccc34)nc(-c3cccnc3O)nc2N1. The number of anilines is 2. The monoisotopic (exact) mass is 432 g/mol. The predicted octanol–water partition coefficient (Wildman–Crippen LogP) is 3.20. The number of H-pyrrole nitrogens is 1. The number of aromatic nitrogens is 4. The number of ether oxygens (including phenoxy) is 2. The van der Waals surface area contributed by atoms with Crippen LogP contribution in [0.25, 0.3) is 22.3 Å². The Hall–Kier alpha value is -3.85. The van der Waals surface area contributed by atoms with E-state index in [1.807, 2.05) is 18.3 Å². The summed E-state index contributed by atoms with van der Waals surface area (Å²) in [5.74, 6) is 1.92. The van der Waals surface area contributed by atoms with E-state index in [0.717, 1.165) is 11.9 Å². The fourth-order valence-electron chi connectivity index (χ4n) is 3.86. The number of rotatable bonds is 7. The first-order valence-corrected chi connectivity index (χ1v) is 10.5. The fourth-order valence-corrected chi connectivity index (χ4v) is 3.86. The maximum absolute atomic E-state index is 10.2. The van der Waals surface area contributed by atoms with Gasteiger partial charge >= 0.3 is 0 Å². The molecule has 0 saturated heterocycles. The summed E-state index contributed by atoms with van der Waals surface area (Å²) in [5.41, 5.74) is 2.79. The molecule has 9 nitrogen and oxygen atoms in total. The largest absolute Gasteiger partial charge is 0.493 e. The van der Waals surface area contributed by atoms with Crippen LogP contribution in [0, 0.1) is 0 Å². The summed E-state index contributed by atoms with van der Waals surface area (Å²) < 4.78 is 11.2. The molecule has 0 bridgehead atoms. The molecule has 0 unspecified atom stereocenters. The molecule has 0 fully saturated rings. The Balaban J connectivity index is 1.43. The van der Waals surface area contributed by atoms with E-state index in [1.54, 1.807) is 19.2 Å². The van der Waals surface area contributed by atoms with Gasteiger partial charge in [-0.05, 0) is 30.2 Å². The van der Waals surface area contributed by atoms with Crippen molar-refractivity contribution in [3.05, 3.63) is 54.4 Å². The lowest BCUT2D eigenvalue weighted by atomic mass is 10.1. The highest BCUT2D eigenvalue weighted by atomic mass is 16.5. The van der Waals surface area contributed by atoms with Crippen LogP contribution in [0.15, 0.2) is 48.8 Å². The molecule has 4 aromatic rings. The molecule has 164 valence electrons. The van der Waals surface area contributed by atoms with Crippen molar-refractivity contribution in [2.45, 2.75) is 12.5 Å². The van der Waals surface area contributed by atoms with E-state index in [0.29, 0.717) is 48.5 Å². The van der Waals surface area contributed by atoms with Gasteiger partial charge in [-0.25, -0.2) is 15.0 Å². The van der Waals surface area contributed by atoms with E-state index in [1.165, 1.54) is 17.1 Å². The standard InChI is InChI=1S/C23H24N6O3/c1-31-12-15-13-32-19-21(24-10-8-14-11-26-18-7-3-2-5-16(14)18)28-20(29-22(19)27-15)17-6-4-9-25-23(17)30/h2-7,9,11,15,26H,8,10,12-13H2,1H3,(H,25,30)(H2,24,27,28,29)/t15-/m0/s1. The molecule has 9 heteroatoms. The number of para-hydroxylation sites is 1. The number of hydrogen-bond acceptors (Lipinski definition) is 8. The first-order chi connectivity index (χ1) is 15.7. The topological polar surface area (TPSA) is 117 Å². The molecule has 1 aromatic carbocycles. The maximum atomic E-state index is 10.2. The van der Waals surface area contributed by atoms with Gasteiger partial charge in [-0.2, -0.15) is 0 Å². The first kappa shape index (κ1) is 20.1. The van der Waals surface area contributed by atoms with Crippen LogP contribution in [-0.2, 0) is 11.2 Å². The Bertz CT molecular complexity index is 1240. The van der Waals surface area contributed by atoms with Gasteiger partial charge in [-0.3, -0.25) is 0 Å². The second-order valence-corrected chi connectivity index (χ2v) is 7.59. The Morgan fingerprint density at radius 2 is 2.12 bits per heavy atom. The summed E-state index contributed by atoms with van der Waals surface area (Å²) >= 11 is 0. The molecule has 0 radical (unpaired) electrons. The van der Waals surface area contributed by atoms with Crippen molar-refractivity contribution in [3.63, 3.8) is 0 Å². The minimum absolute atomic E-state index is 0.0307. The zero-order chi connectivity index (χ0) is 21.9. The number of aromatic amines is 1. The highest BCUT2D eigenvalue weighted by molar-refractivity contribution is 5.83. The third kappa shape index (κ3) is 3.90. The first-order valence-electron chi connectivity index (χ1n) is 10.5. The van der Waals surface area contributed by atoms with Gasteiger partial charge in [0.25, 0.3) is 0 Å². The van der Waals surface area contributed by atoms with Crippen LogP contribution in [-0.4, -0.2) is 58.0 Å². The molecular weight excluding hydrogens is 408 g/mol. The highest BCUT2D eigenvalue weighted by Gasteiger charge is 2.26. The number of methoxy groups -OCH3 is 1. The van der Waals surface area contributed by atoms with E-state index >= 15 is 0 Å². The second kappa shape index (κ2) is 8.72. The molecule has 1 aliphatic rings. The number of nitrogens with one attached hydrogen (secondary N) is 3. The number of aromatic hydroxyl groups is 1. The lowest BCUT2D eigenvalue weighted by molar-refractivity contribution is 0.154. The Morgan fingerprint density at radius 1 is 1.22 bits per heavy atom. The van der Waals surface area contributed by atoms with Crippen LogP contribution in [0.4, 0.5) is 11.6 Å². The van der Waals surface area contributed by atoms with Gasteiger partial charge in [0.15, 0.2) is 17.5 Å². The summed E-state index contributed by atoms with van der Waals surface area (Å²) in [6, 6.07) is 11.7. The molecule has 4 N–H and O–H groups in total. The third-order valence-corrected chi connectivity index (χ3v) is 5.39. The number of pyridine rings is 1. The van der Waals surface area contributed by atoms with Crippen LogP contribution < -0.4 is 15.4 Å². The molecule has 0 spiro atoms. The minimum atomic E-state index is -0.123. The van der Waals surface area contributed by atoms with E-state index < -0.39 is 0 Å². The summed E-state index contributed by atoms with van der Waals surface area (Å²) in [5, 5.41) is 18.2. The summed E-state index contributed by atoms with van der Waals surface area (Å²) in [4.78, 5) is 16.5. The zero-order valence-electron chi connectivity index (χ0n) is 17.6. The van der Waals surface area contributed by atoms with Crippen molar-refractivity contribution in [2.24, 2.45) is 0 Å². The molecule has 5 rings (SSSR count). The van der Waals surface area contributed by atoms with Gasteiger partial charge < -0.3 is 30.2 Å². The number of hydrogen-bond donors (Lipinski definition) is 4. The van der Waals surface area contributed by atoms with Gasteiger partial charge in [0, 0.05) is 37.0 Å². The number of benzene rings is 1. The van der Waals surface area contributed by atoms with Crippen molar-refractivity contribution >= 4 is 22.5 Å². The summed E-state index contributed by atoms with van der Waals surface area (Å²) in [6.07, 6.45) is 4.36. The van der Waals surface area contributed by atoms with Crippen LogP contribution >= 0.6 is 0 Å². The van der Waals surface area contributed by atoms with E-state index in [2.05, 4.69) is 42.7 Å². The van der Waals surface area contributed by atoms with Crippen LogP contribution in [0.5, 0.6) is 11.6 Å². The Labute approximate surface area is 184 Å². The lowest BCUT2D eigenvalue weighted by Gasteiger charge is -2.27. The second-order valence-electron chi connectivity index (χ2n) is 7.59. The molecule has 3 aromatic heterocycles. The molecule has 1 aliphatic heterocycles. The van der Waals surface area contributed by atoms with Crippen LogP contribution in [0.2, 0.25) is 0 Å². The van der Waals surface area contributed by atoms with E-state index in [9.17, 15) is 5.11 Å². The van der Waals surface area contributed by atoms with Crippen molar-refractivity contribution in [1.82, 2.24) is 19.9 Å². The molecule has 0 saturated carbocycles. The molecule has 0 aliphatic carbocycles. The third-order valence-electron chi connectivity index (χ3n) is 5.39. The fraction of sp³-hybridized carbons (Fsp3) is 0.261. The van der Waals surface area contributed by atoms with Gasteiger partial charge in [-0.1, -0.05) is 18.2 Å². The van der Waals surface area contributed by atoms with Gasteiger partial charge in [0.2, 0.25) is 11.6 Å². The van der Waals surface area contributed by atoms with Crippen LogP contribution in [0.1, 0.15) is 5.56 Å². The number of nitrogens with zero attached hydrogens (tertiary/aromatic N) is 3. The molecule has 32 heavy (non-hydrogen) atoms. The normalized spacial score (nSPS) is 15.1. The Kier molecular flexibility index (Phi) is 5.47. The highest BCUT2D eigenvalue weighted by Crippen LogP contribution is 2.37. The maximum Gasteiger partial charge on any atom is 0.222 e. The Morgan fingerprint density at radius 3 is 3.00 bits per heavy atom. The molecule has 0 amide bonds. The summed E-state index contributed by atoms with van der Waals surface area (Å²) in [6.45, 7) is 1.58. The smallest absolute Gasteiger partial charge is 0.222 e. The number of fused-ring (bicyclic) bond motifs is 2. The molecular formula is C23H24N6O3. The molecule has 1 atom stereocenters. The van der Waals surface area contributed by atoms with Crippen molar-refractivity contribution in [1.29, 1.82) is 0 Å². The predicted molar refractivity (Wildman–Crippen MR) is 122 cm³/mol. The van der Waals surface area contributed by atoms with Crippen molar-refractivity contribution in [3.8, 4) is 23.0 Å². The minimum Gasteiger partial charge on any atom is -0.493 e.